The van der Waals surface area contributed by atoms with Crippen LogP contribution in [0.25, 0.3) is 0 Å². The van der Waals surface area contributed by atoms with E-state index in [1.54, 1.807) is 0 Å². The van der Waals surface area contributed by atoms with E-state index >= 15 is 0 Å². The van der Waals surface area contributed by atoms with Crippen molar-refractivity contribution in [3.63, 3.8) is 0 Å². The summed E-state index contributed by atoms with van der Waals surface area (Å²) < 4.78 is 0. The van der Waals surface area contributed by atoms with Crippen LogP contribution in [0.1, 0.15) is 26.2 Å². The highest BCUT2D eigenvalue weighted by atomic mass is 16.3. The molecule has 52 valence electrons. The number of fused-ring (bicyclic) bond motifs is 2. The molecule has 0 aliphatic heterocycles. The van der Waals surface area contributed by atoms with Crippen LogP contribution in [0.3, 0.4) is 0 Å². The Labute approximate surface area is 56.1 Å². The summed E-state index contributed by atoms with van der Waals surface area (Å²) in [6.07, 6.45) is 3.74. The summed E-state index contributed by atoms with van der Waals surface area (Å²) in [5.41, 5.74) is 0. The Hall–Kier alpha value is -0.0400. The fraction of sp³-hybridized carbons (Fsp3) is 1.00. The number of hydrogen-bond donors (Lipinski definition) is 1. The van der Waals surface area contributed by atoms with E-state index in [-0.39, 0.29) is 6.10 Å². The van der Waals surface area contributed by atoms with Gasteiger partial charge in [-0.1, -0.05) is 6.92 Å². The molecular formula is C8H14O. The lowest BCUT2D eigenvalue weighted by atomic mass is 9.89. The van der Waals surface area contributed by atoms with Crippen molar-refractivity contribution in [3.05, 3.63) is 0 Å². The van der Waals surface area contributed by atoms with Crippen LogP contribution in [0.4, 0.5) is 0 Å². The van der Waals surface area contributed by atoms with Gasteiger partial charge in [-0.15, -0.1) is 0 Å². The number of aliphatic hydroxyl groups excluding tert-OH is 1. The second-order valence-corrected chi connectivity index (χ2v) is 3.77. The maximum absolute atomic E-state index is 9.34. The first-order valence-electron chi connectivity index (χ1n) is 3.95. The van der Waals surface area contributed by atoms with Gasteiger partial charge in [0.05, 0.1) is 6.10 Å². The first-order chi connectivity index (χ1) is 4.27. The lowest BCUT2D eigenvalue weighted by Crippen LogP contribution is -2.19. The predicted molar refractivity (Wildman–Crippen MR) is 36.0 cm³/mol. The molecule has 0 unspecified atom stereocenters. The molecule has 0 heterocycles. The van der Waals surface area contributed by atoms with Crippen molar-refractivity contribution in [1.82, 2.24) is 0 Å². The molecule has 0 spiro atoms. The maximum Gasteiger partial charge on any atom is 0.0571 e. The monoisotopic (exact) mass is 126 g/mol. The summed E-state index contributed by atoms with van der Waals surface area (Å²) >= 11 is 0. The second-order valence-electron chi connectivity index (χ2n) is 3.77. The minimum atomic E-state index is 0.0613. The van der Waals surface area contributed by atoms with Crippen LogP contribution in [-0.4, -0.2) is 11.2 Å². The summed E-state index contributed by atoms with van der Waals surface area (Å²) in [6.45, 7) is 2.32. The fourth-order valence-corrected chi connectivity index (χ4v) is 2.53. The van der Waals surface area contributed by atoms with Crippen LogP contribution in [0, 0.1) is 17.8 Å². The summed E-state index contributed by atoms with van der Waals surface area (Å²) in [7, 11) is 0. The van der Waals surface area contributed by atoms with E-state index in [2.05, 4.69) is 6.92 Å². The van der Waals surface area contributed by atoms with Crippen molar-refractivity contribution in [3.8, 4) is 0 Å². The van der Waals surface area contributed by atoms with Crippen LogP contribution in [-0.2, 0) is 0 Å². The average molecular weight is 126 g/mol. The van der Waals surface area contributed by atoms with Gasteiger partial charge in [-0.25, -0.2) is 0 Å². The molecule has 4 atom stereocenters. The van der Waals surface area contributed by atoms with Crippen LogP contribution in [0.15, 0.2) is 0 Å². The average Bonchev–Trinajstić information content (AvgIpc) is 2.24. The van der Waals surface area contributed by atoms with Gasteiger partial charge in [0.25, 0.3) is 0 Å². The summed E-state index contributed by atoms with van der Waals surface area (Å²) in [6, 6.07) is 0. The largest absolute Gasteiger partial charge is 0.393 e. The van der Waals surface area contributed by atoms with E-state index in [9.17, 15) is 5.11 Å². The summed E-state index contributed by atoms with van der Waals surface area (Å²) in [4.78, 5) is 0. The highest BCUT2D eigenvalue weighted by Crippen LogP contribution is 2.47. The van der Waals surface area contributed by atoms with Crippen molar-refractivity contribution >= 4 is 0 Å². The molecular weight excluding hydrogens is 112 g/mol. The highest BCUT2D eigenvalue weighted by Gasteiger charge is 2.42. The zero-order valence-corrected chi connectivity index (χ0v) is 5.88. The minimum absolute atomic E-state index is 0.0613. The SMILES string of the molecule is C[C@@H]1C[C@H]2C[C@@H]1C[C@H]2O. The topological polar surface area (TPSA) is 20.2 Å². The number of rotatable bonds is 0. The van der Waals surface area contributed by atoms with E-state index in [1.165, 1.54) is 12.8 Å². The molecule has 0 saturated heterocycles. The Bertz CT molecular complexity index is 104. The molecule has 0 aromatic rings. The third kappa shape index (κ3) is 0.710. The van der Waals surface area contributed by atoms with E-state index in [0.717, 1.165) is 18.3 Å². The number of aliphatic hydroxyl groups is 1. The third-order valence-corrected chi connectivity index (χ3v) is 3.17. The van der Waals surface area contributed by atoms with Gasteiger partial charge in [-0.3, -0.25) is 0 Å². The fourth-order valence-electron chi connectivity index (χ4n) is 2.53. The molecule has 1 heteroatoms. The third-order valence-electron chi connectivity index (χ3n) is 3.17. The van der Waals surface area contributed by atoms with Crippen molar-refractivity contribution in [2.24, 2.45) is 17.8 Å². The lowest BCUT2D eigenvalue weighted by Gasteiger charge is -2.20. The quantitative estimate of drug-likeness (QED) is 0.520. The molecule has 0 aromatic heterocycles. The molecule has 0 amide bonds. The van der Waals surface area contributed by atoms with Crippen molar-refractivity contribution < 1.29 is 5.11 Å². The lowest BCUT2D eigenvalue weighted by molar-refractivity contribution is 0.0985. The van der Waals surface area contributed by atoms with Crippen LogP contribution < -0.4 is 0 Å². The standard InChI is InChI=1S/C8H14O/c1-5-2-7-3-6(5)4-8(7)9/h5-9H,2-4H2,1H3/t5-,6-,7+,8-/m1/s1. The Morgan fingerprint density at radius 3 is 2.22 bits per heavy atom. The Morgan fingerprint density at radius 1 is 1.11 bits per heavy atom. The van der Waals surface area contributed by atoms with E-state index in [4.69, 9.17) is 0 Å². The van der Waals surface area contributed by atoms with Crippen molar-refractivity contribution in [2.75, 3.05) is 0 Å². The smallest absolute Gasteiger partial charge is 0.0571 e. The van der Waals surface area contributed by atoms with Gasteiger partial charge in [-0.2, -0.15) is 0 Å². The zero-order chi connectivity index (χ0) is 6.43. The molecule has 2 rings (SSSR count). The molecule has 9 heavy (non-hydrogen) atoms. The van der Waals surface area contributed by atoms with Crippen molar-refractivity contribution in [1.29, 1.82) is 0 Å². The van der Waals surface area contributed by atoms with E-state index in [1.807, 2.05) is 0 Å². The zero-order valence-electron chi connectivity index (χ0n) is 5.88. The molecule has 2 aliphatic rings. The predicted octanol–water partition coefficient (Wildman–Crippen LogP) is 1.41. The Morgan fingerprint density at radius 2 is 1.89 bits per heavy atom. The molecule has 2 fully saturated rings. The second kappa shape index (κ2) is 1.72. The van der Waals surface area contributed by atoms with Gasteiger partial charge >= 0.3 is 0 Å². The summed E-state index contributed by atoms with van der Waals surface area (Å²) in [5.74, 6) is 2.44. The van der Waals surface area contributed by atoms with Gasteiger partial charge < -0.3 is 5.11 Å². The normalized spacial score (nSPS) is 56.7. The molecule has 1 nitrogen and oxygen atoms in total. The number of hydrogen-bond acceptors (Lipinski definition) is 1. The van der Waals surface area contributed by atoms with Gasteiger partial charge in [0.15, 0.2) is 0 Å². The van der Waals surface area contributed by atoms with Gasteiger partial charge in [-0.05, 0) is 37.0 Å². The molecule has 2 aliphatic carbocycles. The first kappa shape index (κ1) is 5.72. The molecule has 1 N–H and O–H groups in total. The molecule has 0 radical (unpaired) electrons. The Kier molecular flexibility index (Phi) is 1.10. The highest BCUT2D eigenvalue weighted by molar-refractivity contribution is 4.93. The van der Waals surface area contributed by atoms with Crippen LogP contribution in [0.5, 0.6) is 0 Å². The van der Waals surface area contributed by atoms with Crippen molar-refractivity contribution in [2.45, 2.75) is 32.3 Å². The van der Waals surface area contributed by atoms with Crippen LogP contribution >= 0.6 is 0 Å². The van der Waals surface area contributed by atoms with Gasteiger partial charge in [0.1, 0.15) is 0 Å². The van der Waals surface area contributed by atoms with E-state index in [0.29, 0.717) is 5.92 Å². The molecule has 2 bridgehead atoms. The van der Waals surface area contributed by atoms with Crippen LogP contribution in [0.2, 0.25) is 0 Å². The Balaban J connectivity index is 2.10. The van der Waals surface area contributed by atoms with Gasteiger partial charge in [0.2, 0.25) is 0 Å². The minimum Gasteiger partial charge on any atom is -0.393 e. The summed E-state index contributed by atoms with van der Waals surface area (Å²) in [5, 5.41) is 9.34. The van der Waals surface area contributed by atoms with Gasteiger partial charge in [0, 0.05) is 0 Å². The molecule has 2 saturated carbocycles. The molecule has 0 aromatic carbocycles. The van der Waals surface area contributed by atoms with E-state index < -0.39 is 0 Å². The maximum atomic E-state index is 9.34. The first-order valence-corrected chi connectivity index (χ1v) is 3.95.